The zero-order valence-electron chi connectivity index (χ0n) is 22.5. The number of benzene rings is 2. The monoisotopic (exact) mass is 573 g/mol. The van der Waals surface area contributed by atoms with Gasteiger partial charge in [-0.15, -0.1) is 0 Å². The Hall–Kier alpha value is -4.77. The molecule has 1 saturated heterocycles. The zero-order chi connectivity index (χ0) is 29.7. The highest BCUT2D eigenvalue weighted by Gasteiger charge is 2.51. The van der Waals surface area contributed by atoms with Gasteiger partial charge in [0, 0.05) is 42.5 Å². The van der Waals surface area contributed by atoms with Crippen molar-refractivity contribution in [3.05, 3.63) is 108 Å². The van der Waals surface area contributed by atoms with Gasteiger partial charge in [0.1, 0.15) is 6.04 Å². The third-order valence-corrected chi connectivity index (χ3v) is 7.16. The van der Waals surface area contributed by atoms with Crippen LogP contribution in [0.5, 0.6) is 0 Å². The van der Waals surface area contributed by atoms with Crippen molar-refractivity contribution in [1.29, 1.82) is 0 Å². The van der Waals surface area contributed by atoms with Gasteiger partial charge in [0.2, 0.25) is 5.91 Å². The summed E-state index contributed by atoms with van der Waals surface area (Å²) >= 11 is 0. The second-order valence-corrected chi connectivity index (χ2v) is 10.2. The van der Waals surface area contributed by atoms with E-state index in [-0.39, 0.29) is 18.5 Å². The maximum absolute atomic E-state index is 14.6. The van der Waals surface area contributed by atoms with E-state index in [1.54, 1.807) is 85.2 Å². The summed E-state index contributed by atoms with van der Waals surface area (Å²) in [7, 11) is 0. The molecule has 42 heavy (non-hydrogen) atoms. The van der Waals surface area contributed by atoms with Gasteiger partial charge in [-0.2, -0.15) is 0 Å². The summed E-state index contributed by atoms with van der Waals surface area (Å²) in [5, 5.41) is 17.3. The van der Waals surface area contributed by atoms with Crippen LogP contribution in [0.25, 0.3) is 10.9 Å². The normalized spacial score (nSPS) is 17.4. The third kappa shape index (κ3) is 6.74. The largest absolute Gasteiger partial charge is 0.381 e. The van der Waals surface area contributed by atoms with Gasteiger partial charge in [0.25, 0.3) is 17.7 Å². The van der Waals surface area contributed by atoms with Crippen LogP contribution >= 0.6 is 0 Å². The zero-order valence-corrected chi connectivity index (χ0v) is 22.5. The molecule has 0 unspecified atom stereocenters. The predicted molar refractivity (Wildman–Crippen MR) is 150 cm³/mol. The summed E-state index contributed by atoms with van der Waals surface area (Å²) in [6, 6.07) is 18.0. The first kappa shape index (κ1) is 28.7. The smallest absolute Gasteiger partial charge is 0.267 e. The highest BCUT2D eigenvalue weighted by molar-refractivity contribution is 5.98. The number of amides is 3. The Morgan fingerprint density at radius 3 is 2.52 bits per heavy atom. The molecule has 4 aromatic rings. The number of alkyl halides is 2. The number of pyridine rings is 2. The molecular formula is C31H29F2N5O4. The molecule has 1 aliphatic heterocycles. The molecule has 0 spiro atoms. The van der Waals surface area contributed by atoms with Crippen LogP contribution in [0.1, 0.15) is 27.9 Å². The van der Waals surface area contributed by atoms with Crippen LogP contribution in [0.2, 0.25) is 0 Å². The minimum absolute atomic E-state index is 0.0350. The van der Waals surface area contributed by atoms with Crippen LogP contribution in [0.3, 0.4) is 0 Å². The fourth-order valence-corrected chi connectivity index (χ4v) is 5.01. The van der Waals surface area contributed by atoms with Gasteiger partial charge >= 0.3 is 0 Å². The molecule has 3 amide bonds. The Balaban J connectivity index is 1.36. The van der Waals surface area contributed by atoms with E-state index in [1.807, 2.05) is 0 Å². The number of hydrogen-bond donors (Lipinski definition) is 3. The minimum Gasteiger partial charge on any atom is -0.381 e. The van der Waals surface area contributed by atoms with Crippen LogP contribution in [-0.4, -0.2) is 68.4 Å². The number of likely N-dealkylation sites (tertiary alicyclic amines) is 1. The van der Waals surface area contributed by atoms with Gasteiger partial charge in [-0.25, -0.2) is 8.78 Å². The molecule has 3 heterocycles. The molecular weight excluding hydrogens is 544 g/mol. The SMILES string of the molecule is O=C(N[C@@H](Cc1ccccc1)[C@H](O)C(=O)N1CC(F)(F)C[C@H]1C(=O)NCc1cccnc1)c1ccc2ncccc2c1. The van der Waals surface area contributed by atoms with Crippen molar-refractivity contribution < 1.29 is 28.3 Å². The molecule has 1 fully saturated rings. The number of nitrogens with zero attached hydrogens (tertiary/aromatic N) is 3. The number of fused-ring (bicyclic) bond motifs is 1. The topological polar surface area (TPSA) is 125 Å². The van der Waals surface area contributed by atoms with Crippen molar-refractivity contribution in [3.63, 3.8) is 0 Å². The molecule has 2 aromatic carbocycles. The molecule has 216 valence electrons. The first-order valence-electron chi connectivity index (χ1n) is 13.4. The van der Waals surface area contributed by atoms with Gasteiger partial charge in [0.05, 0.1) is 18.1 Å². The molecule has 3 N–H and O–H groups in total. The van der Waals surface area contributed by atoms with Crippen LogP contribution in [0.4, 0.5) is 8.78 Å². The Kier molecular flexibility index (Phi) is 8.48. The lowest BCUT2D eigenvalue weighted by atomic mass is 9.99. The third-order valence-electron chi connectivity index (χ3n) is 7.16. The quantitative estimate of drug-likeness (QED) is 0.283. The van der Waals surface area contributed by atoms with Crippen molar-refractivity contribution in [3.8, 4) is 0 Å². The second kappa shape index (κ2) is 12.4. The second-order valence-electron chi connectivity index (χ2n) is 10.2. The van der Waals surface area contributed by atoms with Crippen molar-refractivity contribution >= 4 is 28.6 Å². The molecule has 3 atom stereocenters. The lowest BCUT2D eigenvalue weighted by molar-refractivity contribution is -0.147. The number of aromatic nitrogens is 2. The lowest BCUT2D eigenvalue weighted by Gasteiger charge is -2.30. The van der Waals surface area contributed by atoms with Crippen molar-refractivity contribution in [2.24, 2.45) is 0 Å². The summed E-state index contributed by atoms with van der Waals surface area (Å²) in [6.07, 6.45) is 1.97. The maximum atomic E-state index is 14.6. The Morgan fingerprint density at radius 1 is 1.00 bits per heavy atom. The van der Waals surface area contributed by atoms with Gasteiger partial charge in [-0.1, -0.05) is 42.5 Å². The predicted octanol–water partition coefficient (Wildman–Crippen LogP) is 2.88. The average molecular weight is 574 g/mol. The van der Waals surface area contributed by atoms with E-state index in [4.69, 9.17) is 0 Å². The van der Waals surface area contributed by atoms with E-state index < -0.39 is 54.8 Å². The summed E-state index contributed by atoms with van der Waals surface area (Å²) in [4.78, 5) is 48.7. The Labute approximate surface area is 240 Å². The molecule has 9 nitrogen and oxygen atoms in total. The van der Waals surface area contributed by atoms with Crippen molar-refractivity contribution in [1.82, 2.24) is 25.5 Å². The molecule has 11 heteroatoms. The maximum Gasteiger partial charge on any atom is 0.267 e. The lowest BCUT2D eigenvalue weighted by Crippen LogP contribution is -2.55. The summed E-state index contributed by atoms with van der Waals surface area (Å²) in [6.45, 7) is -0.995. The van der Waals surface area contributed by atoms with Crippen molar-refractivity contribution in [2.75, 3.05) is 6.54 Å². The molecule has 2 aromatic heterocycles. The van der Waals surface area contributed by atoms with Gasteiger partial charge in [-0.05, 0) is 47.9 Å². The Morgan fingerprint density at radius 2 is 1.76 bits per heavy atom. The number of aliphatic hydroxyl groups excluding tert-OH is 1. The number of aliphatic hydroxyl groups is 1. The van der Waals surface area contributed by atoms with Crippen LogP contribution in [-0.2, 0) is 22.6 Å². The number of nitrogens with one attached hydrogen (secondary N) is 2. The number of carbonyl (C=O) groups is 3. The average Bonchev–Trinajstić information content (AvgIpc) is 3.34. The van der Waals surface area contributed by atoms with E-state index in [0.29, 0.717) is 21.5 Å². The number of carbonyl (C=O) groups excluding carboxylic acids is 3. The molecule has 5 rings (SSSR count). The van der Waals surface area contributed by atoms with Crippen LogP contribution < -0.4 is 10.6 Å². The summed E-state index contributed by atoms with van der Waals surface area (Å²) in [5.74, 6) is -5.74. The first-order chi connectivity index (χ1) is 20.2. The first-order valence-corrected chi connectivity index (χ1v) is 13.4. The van der Waals surface area contributed by atoms with Gasteiger partial charge < -0.3 is 20.6 Å². The fourth-order valence-electron chi connectivity index (χ4n) is 5.01. The molecule has 0 bridgehead atoms. The van der Waals surface area contributed by atoms with E-state index in [2.05, 4.69) is 20.6 Å². The van der Waals surface area contributed by atoms with Crippen LogP contribution in [0, 0.1) is 0 Å². The number of hydrogen-bond acceptors (Lipinski definition) is 6. The van der Waals surface area contributed by atoms with E-state index >= 15 is 0 Å². The fraction of sp³-hybridized carbons (Fsp3) is 0.258. The molecule has 0 saturated carbocycles. The van der Waals surface area contributed by atoms with E-state index in [1.165, 1.54) is 6.20 Å². The minimum atomic E-state index is -3.33. The molecule has 0 aliphatic carbocycles. The highest BCUT2D eigenvalue weighted by atomic mass is 19.3. The number of halogens is 2. The standard InChI is InChI=1S/C31H29F2N5O4/c32-31(33)16-26(29(41)36-18-21-8-4-12-34-17-21)38(19-31)30(42)27(39)25(14-20-6-2-1-3-7-20)37-28(40)23-10-11-24-22(15-23)9-5-13-35-24/h1-13,15,17,25-27,39H,14,16,18-19H2,(H,36,41)(H,37,40)/t25-,26-,27-/m0/s1. The Bertz CT molecular complexity index is 1570. The molecule has 1 aliphatic rings. The summed E-state index contributed by atoms with van der Waals surface area (Å²) in [5.41, 5.74) is 2.32. The van der Waals surface area contributed by atoms with E-state index in [0.717, 1.165) is 5.39 Å². The molecule has 0 radical (unpaired) electrons. The van der Waals surface area contributed by atoms with Gasteiger partial charge in [-0.3, -0.25) is 24.4 Å². The van der Waals surface area contributed by atoms with Crippen LogP contribution in [0.15, 0.2) is 91.4 Å². The van der Waals surface area contributed by atoms with Gasteiger partial charge in [0.15, 0.2) is 6.10 Å². The number of rotatable bonds is 9. The highest BCUT2D eigenvalue weighted by Crippen LogP contribution is 2.33. The van der Waals surface area contributed by atoms with E-state index in [9.17, 15) is 28.3 Å². The summed E-state index contributed by atoms with van der Waals surface area (Å²) < 4.78 is 29.1. The van der Waals surface area contributed by atoms with Crippen molar-refractivity contribution in [2.45, 2.75) is 43.5 Å².